The largest absolute Gasteiger partial charge is 0.328 e. The van der Waals surface area contributed by atoms with E-state index in [4.69, 9.17) is 4.99 Å². The number of urea groups is 1. The lowest BCUT2D eigenvalue weighted by molar-refractivity contribution is -0.136. The minimum atomic E-state index is -0.679. The zero-order chi connectivity index (χ0) is 21.7. The fourth-order valence-electron chi connectivity index (χ4n) is 4.19. The molecule has 8 heteroatoms. The van der Waals surface area contributed by atoms with Crippen LogP contribution >= 0.6 is 0 Å². The number of benzene rings is 2. The predicted octanol–water partition coefficient (Wildman–Crippen LogP) is 3.09. The summed E-state index contributed by atoms with van der Waals surface area (Å²) in [5.41, 5.74) is 2.45. The molecule has 1 fully saturated rings. The summed E-state index contributed by atoms with van der Waals surface area (Å²) in [5, 5.41) is 0. The summed E-state index contributed by atoms with van der Waals surface area (Å²) >= 11 is 0. The molecule has 0 spiro atoms. The zero-order valence-corrected chi connectivity index (χ0v) is 16.9. The second-order valence-corrected chi connectivity index (χ2v) is 7.52. The fourth-order valence-corrected chi connectivity index (χ4v) is 4.19. The van der Waals surface area contributed by atoms with Gasteiger partial charge in [-0.1, -0.05) is 36.4 Å². The van der Waals surface area contributed by atoms with E-state index >= 15 is 0 Å². The number of nitrogens with zero attached hydrogens (tertiary/aromatic N) is 5. The number of carbonyl (C=O) groups excluding carboxylic acids is 2. The maximum Gasteiger partial charge on any atom is 0.328 e. The third-order valence-electron chi connectivity index (χ3n) is 5.68. The summed E-state index contributed by atoms with van der Waals surface area (Å²) < 4.78 is 13.6. The molecule has 0 aromatic heterocycles. The Kier molecular flexibility index (Phi) is 4.35. The van der Waals surface area contributed by atoms with E-state index in [0.717, 1.165) is 11.3 Å². The molecule has 2 atom stereocenters. The summed E-state index contributed by atoms with van der Waals surface area (Å²) in [6.07, 6.45) is 2.75. The first-order valence-electron chi connectivity index (χ1n) is 9.89. The average molecular weight is 417 g/mol. The third-order valence-corrected chi connectivity index (χ3v) is 5.68. The van der Waals surface area contributed by atoms with E-state index in [1.165, 1.54) is 28.0 Å². The molecule has 0 saturated carbocycles. The Morgan fingerprint density at radius 3 is 2.48 bits per heavy atom. The van der Waals surface area contributed by atoms with Crippen LogP contribution in [0.2, 0.25) is 0 Å². The Morgan fingerprint density at radius 2 is 1.81 bits per heavy atom. The van der Waals surface area contributed by atoms with Gasteiger partial charge < -0.3 is 4.90 Å². The van der Waals surface area contributed by atoms with Gasteiger partial charge in [0.05, 0.1) is 5.70 Å². The Bertz CT molecular complexity index is 1130. The smallest absolute Gasteiger partial charge is 0.302 e. The maximum absolute atomic E-state index is 13.6. The number of carbonyl (C=O) groups is 2. The standard InChI is InChI=1S/C23H20FN5O2/c1-3-13-27-21(30)19-20(26(2)23(27)31)25-22-28(19)14-18(15-7-5-4-6-8-15)29(22)17-11-9-16(24)10-12-17/h3-12,14,19-20H,1,13H2,2H3. The number of amides is 3. The quantitative estimate of drug-likeness (QED) is 0.718. The summed E-state index contributed by atoms with van der Waals surface area (Å²) in [6, 6.07) is 14.7. The highest BCUT2D eigenvalue weighted by Gasteiger charge is 2.54. The van der Waals surface area contributed by atoms with Gasteiger partial charge in [-0.25, -0.2) is 14.2 Å². The topological polar surface area (TPSA) is 59.5 Å². The van der Waals surface area contributed by atoms with Crippen LogP contribution in [0.25, 0.3) is 5.70 Å². The van der Waals surface area contributed by atoms with Crippen molar-refractivity contribution < 1.29 is 14.0 Å². The van der Waals surface area contributed by atoms with E-state index in [9.17, 15) is 14.0 Å². The van der Waals surface area contributed by atoms with Crippen molar-refractivity contribution in [2.45, 2.75) is 12.2 Å². The molecule has 3 heterocycles. The first kappa shape index (κ1) is 19.0. The molecule has 31 heavy (non-hydrogen) atoms. The van der Waals surface area contributed by atoms with Gasteiger partial charge in [0.1, 0.15) is 5.82 Å². The third kappa shape index (κ3) is 2.83. The van der Waals surface area contributed by atoms with Gasteiger partial charge in [-0.2, -0.15) is 0 Å². The SMILES string of the molecule is C=CCN1C(=O)C2C(N=C3N(c4ccc(F)cc4)C(c4ccccc4)=CN32)N(C)C1=O. The highest BCUT2D eigenvalue weighted by Crippen LogP contribution is 2.39. The second-order valence-electron chi connectivity index (χ2n) is 7.52. The lowest BCUT2D eigenvalue weighted by Crippen LogP contribution is -2.64. The van der Waals surface area contributed by atoms with Crippen LogP contribution in [0.5, 0.6) is 0 Å². The highest BCUT2D eigenvalue weighted by molar-refractivity contribution is 6.16. The molecule has 0 radical (unpaired) electrons. The minimum Gasteiger partial charge on any atom is -0.302 e. The van der Waals surface area contributed by atoms with E-state index in [-0.39, 0.29) is 18.3 Å². The summed E-state index contributed by atoms with van der Waals surface area (Å²) in [7, 11) is 1.64. The van der Waals surface area contributed by atoms with Crippen LogP contribution in [-0.2, 0) is 4.79 Å². The first-order valence-corrected chi connectivity index (χ1v) is 9.89. The number of hydrogen-bond donors (Lipinski definition) is 0. The number of anilines is 1. The van der Waals surface area contributed by atoms with Crippen LogP contribution < -0.4 is 4.90 Å². The van der Waals surface area contributed by atoms with Crippen molar-refractivity contribution in [2.75, 3.05) is 18.5 Å². The molecule has 3 amide bonds. The van der Waals surface area contributed by atoms with Gasteiger partial charge >= 0.3 is 6.03 Å². The van der Waals surface area contributed by atoms with Crippen molar-refractivity contribution in [3.63, 3.8) is 0 Å². The Labute approximate surface area is 179 Å². The molecular weight excluding hydrogens is 397 g/mol. The Hall–Kier alpha value is -3.94. The summed E-state index contributed by atoms with van der Waals surface area (Å²) in [4.78, 5) is 37.0. The summed E-state index contributed by atoms with van der Waals surface area (Å²) in [5.74, 6) is -0.141. The molecule has 1 saturated heterocycles. The molecule has 0 bridgehead atoms. The number of halogens is 1. The molecule has 7 nitrogen and oxygen atoms in total. The second kappa shape index (κ2) is 7.09. The highest BCUT2D eigenvalue weighted by atomic mass is 19.1. The average Bonchev–Trinajstić information content (AvgIpc) is 3.33. The van der Waals surface area contributed by atoms with Crippen molar-refractivity contribution in [1.29, 1.82) is 0 Å². The van der Waals surface area contributed by atoms with Crippen LogP contribution in [0.1, 0.15) is 5.56 Å². The van der Waals surface area contributed by atoms with E-state index in [1.807, 2.05) is 41.4 Å². The molecule has 2 aromatic carbocycles. The Morgan fingerprint density at radius 1 is 1.10 bits per heavy atom. The monoisotopic (exact) mass is 417 g/mol. The van der Waals surface area contributed by atoms with Gasteiger partial charge in [-0.3, -0.25) is 19.5 Å². The van der Waals surface area contributed by atoms with Crippen LogP contribution in [0.3, 0.4) is 0 Å². The van der Waals surface area contributed by atoms with Crippen LogP contribution in [0, 0.1) is 5.82 Å². The number of fused-ring (bicyclic) bond motifs is 3. The molecule has 0 aliphatic carbocycles. The van der Waals surface area contributed by atoms with Gasteiger partial charge in [-0.15, -0.1) is 6.58 Å². The molecule has 156 valence electrons. The number of aliphatic imine (C=N–C) groups is 1. The van der Waals surface area contributed by atoms with Gasteiger partial charge in [0.2, 0.25) is 5.96 Å². The first-order chi connectivity index (χ1) is 15.0. The molecule has 0 N–H and O–H groups in total. The zero-order valence-electron chi connectivity index (χ0n) is 16.9. The molecule has 3 aliphatic rings. The van der Waals surface area contributed by atoms with Crippen LogP contribution in [0.4, 0.5) is 14.9 Å². The van der Waals surface area contributed by atoms with Crippen molar-refractivity contribution in [3.8, 4) is 0 Å². The molecule has 2 aromatic rings. The van der Waals surface area contributed by atoms with E-state index in [0.29, 0.717) is 11.6 Å². The van der Waals surface area contributed by atoms with Gasteiger partial charge in [0.15, 0.2) is 12.2 Å². The van der Waals surface area contributed by atoms with Crippen molar-refractivity contribution in [2.24, 2.45) is 4.99 Å². The normalized spacial score (nSPS) is 22.4. The summed E-state index contributed by atoms with van der Waals surface area (Å²) in [6.45, 7) is 3.78. The minimum absolute atomic E-state index is 0.130. The number of hydrogen-bond acceptors (Lipinski definition) is 5. The lowest BCUT2D eigenvalue weighted by Gasteiger charge is -2.39. The van der Waals surface area contributed by atoms with Gasteiger partial charge in [-0.05, 0) is 24.3 Å². The number of guanidine groups is 1. The molecule has 3 aliphatic heterocycles. The van der Waals surface area contributed by atoms with Crippen molar-refractivity contribution >= 4 is 29.3 Å². The van der Waals surface area contributed by atoms with Gasteiger partial charge in [0, 0.05) is 31.0 Å². The predicted molar refractivity (Wildman–Crippen MR) is 115 cm³/mol. The van der Waals surface area contributed by atoms with E-state index < -0.39 is 18.2 Å². The van der Waals surface area contributed by atoms with E-state index in [2.05, 4.69) is 6.58 Å². The Balaban J connectivity index is 1.62. The fraction of sp³-hybridized carbons (Fsp3) is 0.174. The lowest BCUT2D eigenvalue weighted by atomic mass is 10.1. The van der Waals surface area contributed by atoms with Crippen LogP contribution in [0.15, 0.2) is 78.4 Å². The molecule has 2 unspecified atom stereocenters. The van der Waals surface area contributed by atoms with Gasteiger partial charge in [0.25, 0.3) is 5.91 Å². The molecule has 5 rings (SSSR count). The van der Waals surface area contributed by atoms with Crippen molar-refractivity contribution in [1.82, 2.24) is 14.7 Å². The van der Waals surface area contributed by atoms with E-state index in [1.54, 1.807) is 24.1 Å². The number of likely N-dealkylation sites (N-methyl/N-ethyl adjacent to an activating group) is 1. The van der Waals surface area contributed by atoms with Crippen molar-refractivity contribution in [3.05, 3.63) is 84.8 Å². The maximum atomic E-state index is 13.6. The van der Waals surface area contributed by atoms with Crippen LogP contribution in [-0.4, -0.2) is 58.4 Å². The number of imide groups is 1. The molecular formula is C23H20FN5O2. The number of rotatable bonds is 4.